The molecule has 0 aromatic heterocycles. The molecule has 1 amide bonds. The van der Waals surface area contributed by atoms with E-state index in [-0.39, 0.29) is 67.0 Å². The number of ketones is 3. The van der Waals surface area contributed by atoms with Crippen LogP contribution in [-0.2, 0) is 47.7 Å². The summed E-state index contributed by atoms with van der Waals surface area (Å²) >= 11 is 0. The monoisotopic (exact) mass is 940 g/mol. The molecule has 0 spiro atoms. The molecule has 376 valence electrons. The van der Waals surface area contributed by atoms with Crippen LogP contribution in [0.2, 0.25) is 0 Å². The van der Waals surface area contributed by atoms with E-state index in [9.17, 15) is 39.3 Å². The molecule has 4 fully saturated rings. The average molecular weight is 940 g/mol. The first-order chi connectivity index (χ1) is 31.8. The fourth-order valence-corrected chi connectivity index (χ4v) is 10.4. The Morgan fingerprint density at radius 3 is 2.27 bits per heavy atom. The van der Waals surface area contributed by atoms with Crippen molar-refractivity contribution >= 4 is 29.2 Å². The van der Waals surface area contributed by atoms with Gasteiger partial charge >= 0.3 is 5.97 Å². The van der Waals surface area contributed by atoms with Gasteiger partial charge in [0.15, 0.2) is 5.78 Å². The minimum Gasteiger partial charge on any atom is -0.460 e. The Hall–Kier alpha value is -3.37. The average Bonchev–Trinajstić information content (AvgIpc) is 4.13. The third-order valence-corrected chi connectivity index (χ3v) is 15.1. The molecule has 2 saturated carbocycles. The number of esters is 1. The molecular weight excluding hydrogens is 859 g/mol. The number of cyclic esters (lactones) is 1. The zero-order valence-electron chi connectivity index (χ0n) is 41.6. The van der Waals surface area contributed by atoms with Crippen LogP contribution in [0.5, 0.6) is 0 Å². The Labute approximate surface area is 398 Å². The number of ether oxygens (including phenoxy) is 5. The fraction of sp³-hybridized carbons (Fsp3) is 0.755. The summed E-state index contributed by atoms with van der Waals surface area (Å²) in [6.45, 7) is 12.9. The number of allylic oxidation sites excluding steroid dienone is 6. The number of hydrogen-bond donors (Lipinski definition) is 3. The van der Waals surface area contributed by atoms with Crippen LogP contribution < -0.4 is 0 Å². The smallest absolute Gasteiger partial charge is 0.329 e. The van der Waals surface area contributed by atoms with E-state index in [4.69, 9.17) is 23.7 Å². The van der Waals surface area contributed by atoms with Gasteiger partial charge in [-0.3, -0.25) is 19.2 Å². The largest absolute Gasteiger partial charge is 0.460 e. The minimum absolute atomic E-state index is 0.0232. The van der Waals surface area contributed by atoms with Crippen molar-refractivity contribution < 1.29 is 63.0 Å². The Bertz CT molecular complexity index is 1840. The lowest BCUT2D eigenvalue weighted by molar-refractivity contribution is -0.266. The summed E-state index contributed by atoms with van der Waals surface area (Å²) in [6.07, 6.45) is 13.5. The zero-order valence-corrected chi connectivity index (χ0v) is 41.6. The van der Waals surface area contributed by atoms with Gasteiger partial charge in [0.05, 0.1) is 30.5 Å². The molecule has 0 unspecified atom stereocenters. The van der Waals surface area contributed by atoms with Gasteiger partial charge in [0, 0.05) is 51.4 Å². The molecule has 3 heterocycles. The molecule has 3 aliphatic heterocycles. The molecule has 0 aromatic rings. The maximum Gasteiger partial charge on any atom is 0.329 e. The molecule has 2 saturated heterocycles. The molecule has 2 aliphatic carbocycles. The van der Waals surface area contributed by atoms with Crippen LogP contribution in [0.3, 0.4) is 0 Å². The van der Waals surface area contributed by atoms with Crippen LogP contribution in [0.15, 0.2) is 47.6 Å². The number of aliphatic hydroxyl groups is 3. The minimum atomic E-state index is -2.42. The SMILES string of the molecule is CO[C@@H]1C[C@H](C[C@@H](C)[C@@H]2CC(=O)[C@H](C)/C=C(\C)[C@@H](O)[C@@H](OC)C(=O)[C@H](C)C[C@H](C)/C=C/C=C/C=C(\C)[C@H](OC3CC3)C[C@@H]3CC[C@@H](C)[C@@](O)(O3)C(=O)C(=O)N3CCCC[C@H]3C(=O)O2)CC[C@H]1O. The number of piperidine rings is 1. The molecule has 0 aromatic carbocycles. The summed E-state index contributed by atoms with van der Waals surface area (Å²) in [4.78, 5) is 72.2. The Balaban J connectivity index is 1.47. The van der Waals surface area contributed by atoms with E-state index >= 15 is 0 Å². The summed E-state index contributed by atoms with van der Waals surface area (Å²) in [5.41, 5.74) is 1.33. The second-order valence-electron chi connectivity index (χ2n) is 20.7. The van der Waals surface area contributed by atoms with E-state index in [1.807, 2.05) is 58.1 Å². The maximum atomic E-state index is 14.4. The Morgan fingerprint density at radius 2 is 1.58 bits per heavy atom. The van der Waals surface area contributed by atoms with Gasteiger partial charge < -0.3 is 43.9 Å². The number of fused-ring (bicyclic) bond motifs is 3. The Morgan fingerprint density at radius 1 is 0.851 bits per heavy atom. The van der Waals surface area contributed by atoms with Gasteiger partial charge in [-0.05, 0) is 120 Å². The van der Waals surface area contributed by atoms with Crippen LogP contribution in [0, 0.1) is 35.5 Å². The topological polar surface area (TPSA) is 195 Å². The highest BCUT2D eigenvalue weighted by atomic mass is 16.6. The normalized spacial score (nSPS) is 40.7. The highest BCUT2D eigenvalue weighted by molar-refractivity contribution is 6.39. The predicted octanol–water partition coefficient (Wildman–Crippen LogP) is 6.71. The van der Waals surface area contributed by atoms with Crippen molar-refractivity contribution in [2.24, 2.45) is 35.5 Å². The van der Waals surface area contributed by atoms with Crippen LogP contribution in [0.1, 0.15) is 138 Å². The zero-order chi connectivity index (χ0) is 49.2. The van der Waals surface area contributed by atoms with E-state index in [1.54, 1.807) is 34.0 Å². The molecule has 5 aliphatic rings. The second-order valence-corrected chi connectivity index (χ2v) is 20.7. The van der Waals surface area contributed by atoms with Crippen molar-refractivity contribution in [1.82, 2.24) is 4.90 Å². The lowest BCUT2D eigenvalue weighted by Crippen LogP contribution is -2.61. The molecule has 3 N–H and O–H groups in total. The lowest BCUT2D eigenvalue weighted by atomic mass is 9.78. The highest BCUT2D eigenvalue weighted by Gasteiger charge is 2.53. The summed E-state index contributed by atoms with van der Waals surface area (Å²) in [7, 11) is 2.95. The van der Waals surface area contributed by atoms with E-state index in [2.05, 4.69) is 0 Å². The van der Waals surface area contributed by atoms with Gasteiger partial charge in [-0.15, -0.1) is 0 Å². The number of Topliss-reactive ketones (excluding diaryl/α,β-unsaturated/α-hetero) is 3. The number of hydrogen-bond acceptors (Lipinski definition) is 13. The number of methoxy groups -OCH3 is 2. The number of carbonyl (C=O) groups is 5. The van der Waals surface area contributed by atoms with Gasteiger partial charge in [0.2, 0.25) is 5.79 Å². The third kappa shape index (κ3) is 14.6. The van der Waals surface area contributed by atoms with Crippen molar-refractivity contribution in [2.75, 3.05) is 20.8 Å². The molecule has 5 rings (SSSR count). The van der Waals surface area contributed by atoms with Crippen molar-refractivity contribution in [3.8, 4) is 0 Å². The molecule has 0 radical (unpaired) electrons. The first-order valence-electron chi connectivity index (χ1n) is 25.1. The van der Waals surface area contributed by atoms with Gasteiger partial charge in [-0.1, -0.05) is 71.1 Å². The molecular formula is C53H81NO13. The first-order valence-corrected chi connectivity index (χ1v) is 25.1. The van der Waals surface area contributed by atoms with Crippen molar-refractivity contribution in [3.63, 3.8) is 0 Å². The van der Waals surface area contributed by atoms with Crippen molar-refractivity contribution in [1.29, 1.82) is 0 Å². The Kier molecular flexibility index (Phi) is 20.3. The van der Waals surface area contributed by atoms with Crippen LogP contribution >= 0.6 is 0 Å². The third-order valence-electron chi connectivity index (χ3n) is 15.1. The number of carbonyl (C=O) groups excluding carboxylic acids is 5. The molecule has 14 nitrogen and oxygen atoms in total. The molecule has 15 atom stereocenters. The first kappa shape index (κ1) is 54.6. The molecule has 14 heteroatoms. The number of nitrogens with zero attached hydrogens (tertiary/aromatic N) is 1. The maximum absolute atomic E-state index is 14.4. The summed E-state index contributed by atoms with van der Waals surface area (Å²) in [5, 5.41) is 34.0. The van der Waals surface area contributed by atoms with Gasteiger partial charge in [0.25, 0.3) is 11.7 Å². The molecule has 2 bridgehead atoms. The van der Waals surface area contributed by atoms with E-state index in [0.717, 1.165) is 24.8 Å². The van der Waals surface area contributed by atoms with Gasteiger partial charge in [0.1, 0.15) is 30.1 Å². The fourth-order valence-electron chi connectivity index (χ4n) is 10.4. The second kappa shape index (κ2) is 25.0. The summed E-state index contributed by atoms with van der Waals surface area (Å²) in [6, 6.07) is -1.14. The number of aliphatic hydroxyl groups excluding tert-OH is 2. The predicted molar refractivity (Wildman–Crippen MR) is 252 cm³/mol. The van der Waals surface area contributed by atoms with Crippen LogP contribution in [-0.4, -0.2) is 131 Å². The standard InChI is InChI=1S/C53H81NO13/c1-31-15-11-10-12-16-32(2)44(65-39-21-22-39)29-40-20-18-37(7)53(62,67-40)50(59)51(60)54-24-14-13-17-41(54)52(61)66-45(34(4)27-38-19-23-42(55)46(28-38)63-8)30-43(56)33(3)26-36(6)48(58)49(64-9)47(57)35(5)25-31/h10-12,15-16,26,31,33-35,37-42,44-46,48-49,55,58,62H,13-14,17-25,27-30H2,1-9H3/b12-10+,15-11+,32-16+,36-26+/t31-,33-,34-,35-,37-,38+,40+,41+,42-,44-,45+,46-,48-,49+,53-/m1/s1. The highest BCUT2D eigenvalue weighted by Crippen LogP contribution is 2.39. The van der Waals surface area contributed by atoms with E-state index in [0.29, 0.717) is 63.4 Å². The van der Waals surface area contributed by atoms with Crippen LogP contribution in [0.4, 0.5) is 0 Å². The quantitative estimate of drug-likeness (QED) is 0.139. The van der Waals surface area contributed by atoms with Gasteiger partial charge in [-0.2, -0.15) is 0 Å². The van der Waals surface area contributed by atoms with E-state index in [1.165, 1.54) is 12.0 Å². The number of amides is 1. The van der Waals surface area contributed by atoms with Gasteiger partial charge in [-0.25, -0.2) is 4.79 Å². The van der Waals surface area contributed by atoms with Crippen molar-refractivity contribution in [3.05, 3.63) is 47.6 Å². The van der Waals surface area contributed by atoms with Crippen LogP contribution in [0.25, 0.3) is 0 Å². The summed E-state index contributed by atoms with van der Waals surface area (Å²) < 4.78 is 30.1. The van der Waals surface area contributed by atoms with Crippen molar-refractivity contribution in [2.45, 2.75) is 199 Å². The number of rotatable bonds is 7. The van der Waals surface area contributed by atoms with E-state index < -0.39 is 77.8 Å². The summed E-state index contributed by atoms with van der Waals surface area (Å²) in [5.74, 6) is -7.89. The molecule has 67 heavy (non-hydrogen) atoms. The lowest BCUT2D eigenvalue weighted by Gasteiger charge is -2.43.